The summed E-state index contributed by atoms with van der Waals surface area (Å²) in [6, 6.07) is 5.61. The Morgan fingerprint density at radius 3 is 3.07 bits per heavy atom. The quantitative estimate of drug-likeness (QED) is 0.581. The maximum Gasteiger partial charge on any atom is 0.127 e. The molecule has 1 heterocycles. The van der Waals surface area contributed by atoms with Crippen molar-refractivity contribution in [2.24, 2.45) is 0 Å². The molecule has 0 unspecified atom stereocenters. The average molecular weight is 187 g/mol. The third-order valence-corrected chi connectivity index (χ3v) is 1.74. The Kier molecular flexibility index (Phi) is 3.69. The van der Waals surface area contributed by atoms with Gasteiger partial charge in [-0.05, 0) is 25.5 Å². The van der Waals surface area contributed by atoms with Crippen molar-refractivity contribution in [2.45, 2.75) is 13.3 Å². The topological polar surface area (TPSA) is 48.7 Å². The molecule has 3 nitrogen and oxygen atoms in total. The minimum absolute atomic E-state index is 0.638. The van der Waals surface area contributed by atoms with Crippen molar-refractivity contribution in [1.29, 1.82) is 5.26 Å². The monoisotopic (exact) mass is 187 g/mol. The summed E-state index contributed by atoms with van der Waals surface area (Å²) in [5.41, 5.74) is 1.49. The molecule has 0 radical (unpaired) electrons. The summed E-state index contributed by atoms with van der Waals surface area (Å²) in [6.45, 7) is 6.30. The molecule has 1 aromatic rings. The summed E-state index contributed by atoms with van der Waals surface area (Å²) < 4.78 is 0. The standard InChI is InChI=1S/C11H13N3/c1-3-4-5-13-11-7-10(8-12)6-9(2)14-11/h3,6-7H,1,4-5H2,2H3,(H,13,14). The second kappa shape index (κ2) is 5.03. The molecule has 14 heavy (non-hydrogen) atoms. The van der Waals surface area contributed by atoms with Crippen molar-refractivity contribution in [3.8, 4) is 6.07 Å². The summed E-state index contributed by atoms with van der Waals surface area (Å²) >= 11 is 0. The zero-order valence-electron chi connectivity index (χ0n) is 8.25. The minimum atomic E-state index is 0.638. The van der Waals surface area contributed by atoms with E-state index in [1.165, 1.54) is 0 Å². The number of anilines is 1. The van der Waals surface area contributed by atoms with Crippen molar-refractivity contribution in [3.63, 3.8) is 0 Å². The number of rotatable bonds is 4. The van der Waals surface area contributed by atoms with E-state index in [1.807, 2.05) is 13.0 Å². The van der Waals surface area contributed by atoms with Crippen LogP contribution in [0.15, 0.2) is 24.8 Å². The van der Waals surface area contributed by atoms with Crippen LogP contribution in [0.25, 0.3) is 0 Å². The predicted octanol–water partition coefficient (Wildman–Crippen LogP) is 2.25. The number of aromatic nitrogens is 1. The van der Waals surface area contributed by atoms with E-state index in [1.54, 1.807) is 12.1 Å². The Labute approximate surface area is 84.1 Å². The van der Waals surface area contributed by atoms with Crippen LogP contribution in [0.2, 0.25) is 0 Å². The highest BCUT2D eigenvalue weighted by Crippen LogP contribution is 2.08. The van der Waals surface area contributed by atoms with Crippen LogP contribution in [0.3, 0.4) is 0 Å². The van der Waals surface area contributed by atoms with Gasteiger partial charge in [0.25, 0.3) is 0 Å². The van der Waals surface area contributed by atoms with Gasteiger partial charge in [0.1, 0.15) is 5.82 Å². The van der Waals surface area contributed by atoms with Gasteiger partial charge >= 0.3 is 0 Å². The smallest absolute Gasteiger partial charge is 0.127 e. The van der Waals surface area contributed by atoms with Crippen molar-refractivity contribution in [1.82, 2.24) is 4.98 Å². The lowest BCUT2D eigenvalue weighted by atomic mass is 10.2. The first kappa shape index (κ1) is 10.3. The van der Waals surface area contributed by atoms with Crippen molar-refractivity contribution in [3.05, 3.63) is 36.0 Å². The molecular weight excluding hydrogens is 174 g/mol. The predicted molar refractivity (Wildman–Crippen MR) is 57.0 cm³/mol. The van der Waals surface area contributed by atoms with Crippen LogP contribution in [-0.4, -0.2) is 11.5 Å². The summed E-state index contributed by atoms with van der Waals surface area (Å²) in [6.07, 6.45) is 2.73. The average Bonchev–Trinajstić information content (AvgIpc) is 2.17. The molecule has 1 N–H and O–H groups in total. The fourth-order valence-electron chi connectivity index (χ4n) is 1.13. The number of hydrogen-bond donors (Lipinski definition) is 1. The molecular formula is C11H13N3. The molecule has 72 valence electrons. The molecule has 0 saturated heterocycles. The number of pyridine rings is 1. The van der Waals surface area contributed by atoms with Crippen LogP contribution < -0.4 is 5.32 Å². The van der Waals surface area contributed by atoms with Gasteiger partial charge in [0.15, 0.2) is 0 Å². The van der Waals surface area contributed by atoms with Gasteiger partial charge in [-0.15, -0.1) is 6.58 Å². The maximum atomic E-state index is 8.74. The number of nitriles is 1. The van der Waals surface area contributed by atoms with Gasteiger partial charge < -0.3 is 5.32 Å². The highest BCUT2D eigenvalue weighted by atomic mass is 15.0. The van der Waals surface area contributed by atoms with Gasteiger partial charge in [-0.1, -0.05) is 6.08 Å². The van der Waals surface area contributed by atoms with E-state index in [2.05, 4.69) is 22.9 Å². The number of hydrogen-bond acceptors (Lipinski definition) is 3. The molecule has 0 bridgehead atoms. The van der Waals surface area contributed by atoms with Crippen molar-refractivity contribution < 1.29 is 0 Å². The van der Waals surface area contributed by atoms with Gasteiger partial charge in [0.2, 0.25) is 0 Å². The largest absolute Gasteiger partial charge is 0.370 e. The first-order valence-electron chi connectivity index (χ1n) is 4.50. The molecule has 0 spiro atoms. The van der Waals surface area contributed by atoms with Gasteiger partial charge in [0.05, 0.1) is 11.6 Å². The zero-order valence-corrected chi connectivity index (χ0v) is 8.25. The lowest BCUT2D eigenvalue weighted by Gasteiger charge is -2.04. The molecule has 0 aliphatic heterocycles. The van der Waals surface area contributed by atoms with E-state index in [0.717, 1.165) is 24.5 Å². The second-order valence-corrected chi connectivity index (χ2v) is 3.00. The minimum Gasteiger partial charge on any atom is -0.370 e. The lowest BCUT2D eigenvalue weighted by molar-refractivity contribution is 1.04. The highest BCUT2D eigenvalue weighted by Gasteiger charge is 1.97. The summed E-state index contributed by atoms with van der Waals surface area (Å²) in [5, 5.41) is 11.9. The first-order valence-corrected chi connectivity index (χ1v) is 4.50. The molecule has 0 aliphatic rings. The Hall–Kier alpha value is -1.82. The molecule has 1 rings (SSSR count). The van der Waals surface area contributed by atoms with Gasteiger partial charge in [-0.3, -0.25) is 0 Å². The Bertz CT molecular complexity index is 363. The summed E-state index contributed by atoms with van der Waals surface area (Å²) in [7, 11) is 0. The fourth-order valence-corrected chi connectivity index (χ4v) is 1.13. The highest BCUT2D eigenvalue weighted by molar-refractivity contribution is 5.44. The maximum absolute atomic E-state index is 8.74. The van der Waals surface area contributed by atoms with Crippen molar-refractivity contribution in [2.75, 3.05) is 11.9 Å². The Morgan fingerprint density at radius 2 is 2.43 bits per heavy atom. The van der Waals surface area contributed by atoms with Gasteiger partial charge in [-0.25, -0.2) is 4.98 Å². The molecule has 0 fully saturated rings. The normalized spacial score (nSPS) is 9.14. The second-order valence-electron chi connectivity index (χ2n) is 3.00. The number of aryl methyl sites for hydroxylation is 1. The van der Waals surface area contributed by atoms with E-state index in [0.29, 0.717) is 5.56 Å². The number of nitrogens with zero attached hydrogens (tertiary/aromatic N) is 2. The van der Waals surface area contributed by atoms with Crippen LogP contribution >= 0.6 is 0 Å². The fraction of sp³-hybridized carbons (Fsp3) is 0.273. The van der Waals surface area contributed by atoms with Gasteiger partial charge in [-0.2, -0.15) is 5.26 Å². The lowest BCUT2D eigenvalue weighted by Crippen LogP contribution is -2.03. The van der Waals surface area contributed by atoms with Gasteiger partial charge in [0, 0.05) is 12.2 Å². The van der Waals surface area contributed by atoms with Crippen LogP contribution in [0.4, 0.5) is 5.82 Å². The molecule has 3 heteroatoms. The Balaban J connectivity index is 2.72. The van der Waals surface area contributed by atoms with Crippen LogP contribution in [0.5, 0.6) is 0 Å². The number of nitrogens with one attached hydrogen (secondary N) is 1. The molecule has 0 saturated carbocycles. The van der Waals surface area contributed by atoms with Crippen LogP contribution in [-0.2, 0) is 0 Å². The molecule has 0 aliphatic carbocycles. The summed E-state index contributed by atoms with van der Waals surface area (Å²) in [4.78, 5) is 4.26. The zero-order chi connectivity index (χ0) is 10.4. The van der Waals surface area contributed by atoms with E-state index >= 15 is 0 Å². The van der Waals surface area contributed by atoms with E-state index in [-0.39, 0.29) is 0 Å². The van der Waals surface area contributed by atoms with E-state index < -0.39 is 0 Å². The molecule has 0 amide bonds. The first-order chi connectivity index (χ1) is 6.76. The SMILES string of the molecule is C=CCCNc1cc(C#N)cc(C)n1. The molecule has 1 aromatic heterocycles. The van der Waals surface area contributed by atoms with Crippen LogP contribution in [0.1, 0.15) is 17.7 Å². The van der Waals surface area contributed by atoms with Crippen molar-refractivity contribution >= 4 is 5.82 Å². The third kappa shape index (κ3) is 2.91. The molecule has 0 atom stereocenters. The third-order valence-electron chi connectivity index (χ3n) is 1.74. The summed E-state index contributed by atoms with van der Waals surface area (Å²) in [5.74, 6) is 0.753. The van der Waals surface area contributed by atoms with E-state index in [9.17, 15) is 0 Å². The van der Waals surface area contributed by atoms with Crippen LogP contribution in [0, 0.1) is 18.3 Å². The van der Waals surface area contributed by atoms with E-state index in [4.69, 9.17) is 5.26 Å². The Morgan fingerprint density at radius 1 is 1.64 bits per heavy atom. The molecule has 0 aromatic carbocycles.